The van der Waals surface area contributed by atoms with Crippen molar-refractivity contribution in [3.63, 3.8) is 0 Å². The monoisotopic (exact) mass is 225 g/mol. The first-order valence-electron chi connectivity index (χ1n) is 5.90. The van der Waals surface area contributed by atoms with Gasteiger partial charge in [0.1, 0.15) is 0 Å². The van der Waals surface area contributed by atoms with Crippen molar-refractivity contribution in [2.45, 2.75) is 6.92 Å². The second-order valence-corrected chi connectivity index (χ2v) is 3.82. The summed E-state index contributed by atoms with van der Waals surface area (Å²) in [7, 11) is 0. The Morgan fingerprint density at radius 3 is 1.76 bits per heavy atom. The van der Waals surface area contributed by atoms with Gasteiger partial charge in [-0.25, -0.2) is 5.48 Å². The highest BCUT2D eigenvalue weighted by molar-refractivity contribution is 6.79. The average Bonchev–Trinajstić information content (AvgIpc) is 2.42. The quantitative estimate of drug-likeness (QED) is 0.612. The number of rotatable bonds is 5. The van der Waals surface area contributed by atoms with E-state index in [2.05, 4.69) is 29.7 Å². The van der Waals surface area contributed by atoms with Gasteiger partial charge in [0.15, 0.2) is 0 Å². The van der Waals surface area contributed by atoms with Gasteiger partial charge in [-0.05, 0) is 10.9 Å². The fourth-order valence-corrected chi connectivity index (χ4v) is 1.75. The second-order valence-electron chi connectivity index (χ2n) is 3.82. The molecule has 0 unspecified atom stereocenters. The number of hydrogen-bond acceptors (Lipinski definition) is 2. The van der Waals surface area contributed by atoms with Crippen molar-refractivity contribution in [3.8, 4) is 0 Å². The van der Waals surface area contributed by atoms with E-state index in [4.69, 9.17) is 4.76 Å². The summed E-state index contributed by atoms with van der Waals surface area (Å²) in [6, 6.07) is 20.5. The molecule has 0 amide bonds. The Kier molecular flexibility index (Phi) is 4.36. The number of hydroxylamine groups is 1. The Balaban J connectivity index is 2.26. The van der Waals surface area contributed by atoms with Crippen molar-refractivity contribution >= 4 is 17.8 Å². The molecular weight excluding hydrogens is 209 g/mol. The summed E-state index contributed by atoms with van der Waals surface area (Å²) in [4.78, 5) is 0. The lowest BCUT2D eigenvalue weighted by molar-refractivity contribution is 0.211. The molecule has 0 aliphatic rings. The van der Waals surface area contributed by atoms with Crippen molar-refractivity contribution in [1.82, 2.24) is 5.48 Å². The molecule has 0 fully saturated rings. The normalized spacial score (nSPS) is 10.2. The Hall–Kier alpha value is -1.58. The Morgan fingerprint density at radius 2 is 1.35 bits per heavy atom. The van der Waals surface area contributed by atoms with Gasteiger partial charge in [-0.15, -0.1) is 0 Å². The van der Waals surface area contributed by atoms with Crippen molar-refractivity contribution in [2.24, 2.45) is 0 Å². The minimum absolute atomic E-state index is 0.0580. The number of hydrogen-bond donors (Lipinski definition) is 1. The molecule has 0 saturated heterocycles. The first-order valence-corrected chi connectivity index (χ1v) is 5.90. The highest BCUT2D eigenvalue weighted by atomic mass is 16.6. The van der Waals surface area contributed by atoms with Gasteiger partial charge in [0, 0.05) is 6.54 Å². The average molecular weight is 225 g/mol. The summed E-state index contributed by atoms with van der Waals surface area (Å²) in [5, 5.41) is 0. The van der Waals surface area contributed by atoms with Crippen molar-refractivity contribution in [2.75, 3.05) is 6.54 Å². The third kappa shape index (κ3) is 3.19. The molecule has 3 heteroatoms. The second kappa shape index (κ2) is 6.23. The SMILES string of the molecule is CCNOB(c1ccccc1)c1ccccc1. The first-order chi connectivity index (χ1) is 8.42. The van der Waals surface area contributed by atoms with Crippen LogP contribution in [0, 0.1) is 0 Å². The molecule has 0 aliphatic heterocycles. The van der Waals surface area contributed by atoms with Gasteiger partial charge in [-0.1, -0.05) is 67.6 Å². The standard InChI is InChI=1S/C14H16BNO/c1-2-16-17-15(13-9-5-3-6-10-13)14-11-7-4-8-12-14/h3-12,16H,2H2,1H3. The maximum Gasteiger partial charge on any atom is 0.386 e. The van der Waals surface area contributed by atoms with Crippen LogP contribution in [0.1, 0.15) is 6.92 Å². The van der Waals surface area contributed by atoms with Crippen LogP contribution < -0.4 is 16.4 Å². The summed E-state index contributed by atoms with van der Waals surface area (Å²) in [6.45, 7) is 2.75. The summed E-state index contributed by atoms with van der Waals surface area (Å²) in [5.74, 6) is 0. The van der Waals surface area contributed by atoms with E-state index in [-0.39, 0.29) is 6.92 Å². The fraction of sp³-hybridized carbons (Fsp3) is 0.143. The van der Waals surface area contributed by atoms with E-state index in [9.17, 15) is 0 Å². The zero-order valence-electron chi connectivity index (χ0n) is 9.97. The van der Waals surface area contributed by atoms with E-state index in [0.29, 0.717) is 0 Å². The molecule has 0 radical (unpaired) electrons. The molecule has 2 rings (SSSR count). The van der Waals surface area contributed by atoms with E-state index in [1.165, 1.54) is 0 Å². The van der Waals surface area contributed by atoms with Gasteiger partial charge < -0.3 is 4.76 Å². The lowest BCUT2D eigenvalue weighted by Crippen LogP contribution is -2.48. The van der Waals surface area contributed by atoms with E-state index in [1.807, 2.05) is 43.3 Å². The predicted molar refractivity (Wildman–Crippen MR) is 72.7 cm³/mol. The topological polar surface area (TPSA) is 21.3 Å². The molecule has 1 N–H and O–H groups in total. The minimum atomic E-state index is -0.0580. The molecule has 17 heavy (non-hydrogen) atoms. The van der Waals surface area contributed by atoms with Gasteiger partial charge in [-0.3, -0.25) is 0 Å². The molecule has 0 bridgehead atoms. The van der Waals surface area contributed by atoms with E-state index >= 15 is 0 Å². The predicted octanol–water partition coefficient (Wildman–Crippen LogP) is 1.33. The van der Waals surface area contributed by atoms with Crippen LogP contribution in [0.2, 0.25) is 0 Å². The van der Waals surface area contributed by atoms with Crippen LogP contribution in [0.3, 0.4) is 0 Å². The minimum Gasteiger partial charge on any atom is -0.351 e. The molecule has 0 aromatic heterocycles. The third-order valence-electron chi connectivity index (χ3n) is 2.55. The summed E-state index contributed by atoms with van der Waals surface area (Å²) < 4.78 is 5.71. The first kappa shape index (κ1) is 11.9. The van der Waals surface area contributed by atoms with E-state index in [1.54, 1.807) is 0 Å². The summed E-state index contributed by atoms with van der Waals surface area (Å²) >= 11 is 0. The highest BCUT2D eigenvalue weighted by Crippen LogP contribution is 1.93. The van der Waals surface area contributed by atoms with Crippen LogP contribution in [-0.2, 0) is 4.76 Å². The van der Waals surface area contributed by atoms with Crippen LogP contribution >= 0.6 is 0 Å². The lowest BCUT2D eigenvalue weighted by Gasteiger charge is -2.14. The van der Waals surface area contributed by atoms with Gasteiger partial charge in [0.05, 0.1) is 0 Å². The van der Waals surface area contributed by atoms with Crippen molar-refractivity contribution < 1.29 is 4.76 Å². The molecule has 0 saturated carbocycles. The molecule has 0 aliphatic carbocycles. The smallest absolute Gasteiger partial charge is 0.351 e. The molecule has 2 nitrogen and oxygen atoms in total. The summed E-state index contributed by atoms with van der Waals surface area (Å²) in [5.41, 5.74) is 5.25. The molecule has 2 aromatic carbocycles. The molecule has 0 heterocycles. The van der Waals surface area contributed by atoms with Crippen molar-refractivity contribution in [1.29, 1.82) is 0 Å². The zero-order chi connectivity index (χ0) is 11.9. The van der Waals surface area contributed by atoms with Crippen LogP contribution in [0.25, 0.3) is 0 Å². The molecule has 86 valence electrons. The molecule has 0 atom stereocenters. The largest absolute Gasteiger partial charge is 0.386 e. The maximum atomic E-state index is 5.71. The van der Waals surface area contributed by atoms with E-state index < -0.39 is 0 Å². The van der Waals surface area contributed by atoms with Crippen LogP contribution in [0.5, 0.6) is 0 Å². The van der Waals surface area contributed by atoms with Gasteiger partial charge >= 0.3 is 6.92 Å². The van der Waals surface area contributed by atoms with Crippen LogP contribution in [0.4, 0.5) is 0 Å². The van der Waals surface area contributed by atoms with E-state index in [0.717, 1.165) is 17.5 Å². The Bertz CT molecular complexity index is 393. The Labute approximate surface area is 103 Å². The van der Waals surface area contributed by atoms with Gasteiger partial charge in [0.25, 0.3) is 0 Å². The van der Waals surface area contributed by atoms with Crippen LogP contribution in [0.15, 0.2) is 60.7 Å². The molecule has 0 spiro atoms. The van der Waals surface area contributed by atoms with Crippen molar-refractivity contribution in [3.05, 3.63) is 60.7 Å². The van der Waals surface area contributed by atoms with Gasteiger partial charge in [-0.2, -0.15) is 0 Å². The van der Waals surface area contributed by atoms with Gasteiger partial charge in [0.2, 0.25) is 0 Å². The summed E-state index contributed by atoms with van der Waals surface area (Å²) in [6.07, 6.45) is 0. The maximum absolute atomic E-state index is 5.71. The van der Waals surface area contributed by atoms with Crippen LogP contribution in [-0.4, -0.2) is 13.5 Å². The molecular formula is C14H16BNO. The number of benzene rings is 2. The lowest BCUT2D eigenvalue weighted by atomic mass is 9.56. The number of nitrogens with one attached hydrogen (secondary N) is 1. The zero-order valence-corrected chi connectivity index (χ0v) is 9.97. The third-order valence-corrected chi connectivity index (χ3v) is 2.55. The highest BCUT2D eigenvalue weighted by Gasteiger charge is 2.20. The Morgan fingerprint density at radius 1 is 0.882 bits per heavy atom. The molecule has 2 aromatic rings. The fourth-order valence-electron chi connectivity index (χ4n) is 1.75.